The number of nitrogens with zero attached hydrogens (tertiary/aromatic N) is 3. The van der Waals surface area contributed by atoms with Crippen molar-refractivity contribution in [1.29, 1.82) is 0 Å². The van der Waals surface area contributed by atoms with Gasteiger partial charge in [0.05, 0.1) is 16.7 Å². The first-order valence-electron chi connectivity index (χ1n) is 7.82. The quantitative estimate of drug-likeness (QED) is 0.656. The highest BCUT2D eigenvalue weighted by Gasteiger charge is 2.22. The number of aromatic nitrogens is 2. The summed E-state index contributed by atoms with van der Waals surface area (Å²) in [5.74, 6) is -0.277. The number of nitro groups is 1. The summed E-state index contributed by atoms with van der Waals surface area (Å²) in [5, 5.41) is 27.4. The molecule has 1 heterocycles. The number of amides is 1. The van der Waals surface area contributed by atoms with Gasteiger partial charge in [0.25, 0.3) is 11.6 Å². The molecule has 0 unspecified atom stereocenters. The van der Waals surface area contributed by atoms with E-state index in [1.54, 1.807) is 24.4 Å². The van der Waals surface area contributed by atoms with E-state index in [-0.39, 0.29) is 29.4 Å². The maximum Gasteiger partial charge on any atom is 0.272 e. The van der Waals surface area contributed by atoms with Crippen molar-refractivity contribution in [2.75, 3.05) is 0 Å². The van der Waals surface area contributed by atoms with Crippen LogP contribution in [-0.4, -0.2) is 37.9 Å². The zero-order chi connectivity index (χ0) is 17.1. The van der Waals surface area contributed by atoms with Crippen LogP contribution in [-0.2, 0) is 0 Å². The number of benzene rings is 1. The lowest BCUT2D eigenvalue weighted by molar-refractivity contribution is -0.384. The molecule has 0 spiro atoms. The summed E-state index contributed by atoms with van der Waals surface area (Å²) in [7, 11) is 0. The third kappa shape index (κ3) is 3.60. The van der Waals surface area contributed by atoms with Crippen LogP contribution in [0.5, 0.6) is 0 Å². The Morgan fingerprint density at radius 3 is 2.75 bits per heavy atom. The highest BCUT2D eigenvalue weighted by atomic mass is 16.6. The van der Waals surface area contributed by atoms with E-state index in [1.165, 1.54) is 16.8 Å². The molecule has 1 aliphatic carbocycles. The predicted molar refractivity (Wildman–Crippen MR) is 85.9 cm³/mol. The summed E-state index contributed by atoms with van der Waals surface area (Å²) in [6.45, 7) is 0. The molecule has 1 saturated carbocycles. The van der Waals surface area contributed by atoms with Gasteiger partial charge in [0.2, 0.25) is 0 Å². The summed E-state index contributed by atoms with van der Waals surface area (Å²) >= 11 is 0. The van der Waals surface area contributed by atoms with Crippen LogP contribution in [0.25, 0.3) is 5.69 Å². The number of carbonyl (C=O) groups excluding carboxylic acids is 1. The second-order valence-corrected chi connectivity index (χ2v) is 5.90. The van der Waals surface area contributed by atoms with Crippen molar-refractivity contribution in [3.8, 4) is 5.69 Å². The van der Waals surface area contributed by atoms with Crippen LogP contribution in [0.1, 0.15) is 36.2 Å². The number of non-ortho nitro benzene ring substituents is 1. The van der Waals surface area contributed by atoms with Gasteiger partial charge in [-0.15, -0.1) is 0 Å². The molecule has 1 aromatic carbocycles. The van der Waals surface area contributed by atoms with Crippen LogP contribution in [0.2, 0.25) is 0 Å². The molecule has 0 radical (unpaired) electrons. The average molecular weight is 330 g/mol. The maximum absolute atomic E-state index is 12.3. The molecule has 2 N–H and O–H groups in total. The minimum absolute atomic E-state index is 0.0326. The van der Waals surface area contributed by atoms with Crippen LogP contribution in [0.4, 0.5) is 5.69 Å². The van der Waals surface area contributed by atoms with E-state index in [0.29, 0.717) is 18.5 Å². The second-order valence-electron chi connectivity index (χ2n) is 5.90. The van der Waals surface area contributed by atoms with Gasteiger partial charge in [0.15, 0.2) is 5.69 Å². The Labute approximate surface area is 138 Å². The van der Waals surface area contributed by atoms with Gasteiger partial charge in [-0.1, -0.05) is 6.07 Å². The van der Waals surface area contributed by atoms with E-state index < -0.39 is 4.92 Å². The van der Waals surface area contributed by atoms with E-state index in [1.807, 2.05) is 0 Å². The number of carbonyl (C=O) groups is 1. The molecule has 8 nitrogen and oxygen atoms in total. The third-order valence-electron chi connectivity index (χ3n) is 4.16. The molecule has 0 aliphatic heterocycles. The van der Waals surface area contributed by atoms with Crippen molar-refractivity contribution >= 4 is 11.6 Å². The van der Waals surface area contributed by atoms with E-state index in [2.05, 4.69) is 10.4 Å². The Kier molecular flexibility index (Phi) is 4.57. The summed E-state index contributed by atoms with van der Waals surface area (Å²) in [4.78, 5) is 22.6. The lowest BCUT2D eigenvalue weighted by atomic mass is 9.93. The molecule has 1 amide bonds. The Morgan fingerprint density at radius 2 is 2.04 bits per heavy atom. The van der Waals surface area contributed by atoms with Crippen molar-refractivity contribution in [3.63, 3.8) is 0 Å². The summed E-state index contributed by atoms with van der Waals surface area (Å²) in [5.41, 5.74) is 0.742. The molecule has 1 aliphatic rings. The predicted octanol–water partition coefficient (Wildman–Crippen LogP) is 1.81. The first kappa shape index (κ1) is 16.1. The normalized spacial score (nSPS) is 20.5. The maximum atomic E-state index is 12.3. The van der Waals surface area contributed by atoms with Crippen LogP contribution < -0.4 is 5.32 Å². The molecule has 24 heavy (non-hydrogen) atoms. The lowest BCUT2D eigenvalue weighted by Gasteiger charge is -2.25. The molecule has 3 rings (SSSR count). The first-order chi connectivity index (χ1) is 11.5. The summed E-state index contributed by atoms with van der Waals surface area (Å²) in [6, 6.07) is 7.68. The second kappa shape index (κ2) is 6.79. The van der Waals surface area contributed by atoms with Gasteiger partial charge in [-0.05, 0) is 37.8 Å². The fourth-order valence-corrected chi connectivity index (χ4v) is 2.82. The SMILES string of the molecule is O=C(NC1CCC(O)CC1)c1ccn(-c2cccc([N+](=O)[O-])c2)n1. The molecule has 1 aromatic heterocycles. The molecule has 126 valence electrons. The Morgan fingerprint density at radius 1 is 1.29 bits per heavy atom. The number of aliphatic hydroxyl groups is 1. The van der Waals surface area contributed by atoms with Crippen molar-refractivity contribution in [1.82, 2.24) is 15.1 Å². The Bertz CT molecular complexity index is 750. The van der Waals surface area contributed by atoms with Crippen LogP contribution in [0, 0.1) is 10.1 Å². The van der Waals surface area contributed by atoms with E-state index in [9.17, 15) is 20.0 Å². The monoisotopic (exact) mass is 330 g/mol. The molecular weight excluding hydrogens is 312 g/mol. The fraction of sp³-hybridized carbons (Fsp3) is 0.375. The number of aliphatic hydroxyl groups excluding tert-OH is 1. The number of hydrogen-bond donors (Lipinski definition) is 2. The number of nitrogens with one attached hydrogen (secondary N) is 1. The van der Waals surface area contributed by atoms with Gasteiger partial charge in [0.1, 0.15) is 0 Å². The molecule has 0 bridgehead atoms. The summed E-state index contributed by atoms with van der Waals surface area (Å²) in [6.07, 6.45) is 4.20. The highest BCUT2D eigenvalue weighted by Crippen LogP contribution is 2.19. The summed E-state index contributed by atoms with van der Waals surface area (Å²) < 4.78 is 1.44. The standard InChI is InChI=1S/C16H18N4O4/c21-14-6-4-11(5-7-14)17-16(22)15-8-9-19(18-15)12-2-1-3-13(10-12)20(23)24/h1-3,8-11,14,21H,4-7H2,(H,17,22). The van der Waals surface area contributed by atoms with Gasteiger partial charge >= 0.3 is 0 Å². The molecular formula is C16H18N4O4. The van der Waals surface area contributed by atoms with Gasteiger partial charge < -0.3 is 10.4 Å². The molecule has 8 heteroatoms. The molecule has 2 aromatic rings. The van der Waals surface area contributed by atoms with Crippen molar-refractivity contribution in [2.45, 2.75) is 37.8 Å². The first-order valence-corrected chi connectivity index (χ1v) is 7.82. The van der Waals surface area contributed by atoms with Gasteiger partial charge in [0, 0.05) is 24.4 Å². The minimum atomic E-state index is -0.474. The molecule has 1 fully saturated rings. The van der Waals surface area contributed by atoms with Crippen molar-refractivity contribution in [2.24, 2.45) is 0 Å². The van der Waals surface area contributed by atoms with Crippen LogP contribution >= 0.6 is 0 Å². The fourth-order valence-electron chi connectivity index (χ4n) is 2.82. The van der Waals surface area contributed by atoms with Gasteiger partial charge in [-0.2, -0.15) is 5.10 Å². The number of nitro benzene ring substituents is 1. The van der Waals surface area contributed by atoms with E-state index in [0.717, 1.165) is 12.8 Å². The van der Waals surface area contributed by atoms with Gasteiger partial charge in [-0.3, -0.25) is 14.9 Å². The Balaban J connectivity index is 1.70. The minimum Gasteiger partial charge on any atom is -0.393 e. The van der Waals surface area contributed by atoms with Crippen LogP contribution in [0.3, 0.4) is 0 Å². The van der Waals surface area contributed by atoms with Gasteiger partial charge in [-0.25, -0.2) is 4.68 Å². The smallest absolute Gasteiger partial charge is 0.272 e. The zero-order valence-electron chi connectivity index (χ0n) is 13.0. The lowest BCUT2D eigenvalue weighted by Crippen LogP contribution is -2.38. The van der Waals surface area contributed by atoms with E-state index in [4.69, 9.17) is 0 Å². The van der Waals surface area contributed by atoms with E-state index >= 15 is 0 Å². The Hall–Kier alpha value is -2.74. The molecule has 0 atom stereocenters. The number of hydrogen-bond acceptors (Lipinski definition) is 5. The van der Waals surface area contributed by atoms with Crippen LogP contribution in [0.15, 0.2) is 36.5 Å². The van der Waals surface area contributed by atoms with Crippen molar-refractivity contribution in [3.05, 3.63) is 52.3 Å². The van der Waals surface area contributed by atoms with Crippen molar-refractivity contribution < 1.29 is 14.8 Å². The number of rotatable bonds is 4. The third-order valence-corrected chi connectivity index (χ3v) is 4.16. The topological polar surface area (TPSA) is 110 Å². The average Bonchev–Trinajstić information content (AvgIpc) is 3.07. The highest BCUT2D eigenvalue weighted by molar-refractivity contribution is 5.92. The molecule has 0 saturated heterocycles. The zero-order valence-corrected chi connectivity index (χ0v) is 13.0. The largest absolute Gasteiger partial charge is 0.393 e.